The fourth-order valence-corrected chi connectivity index (χ4v) is 4.35. The molecule has 10 heteroatoms. The summed E-state index contributed by atoms with van der Waals surface area (Å²) in [5, 5.41) is 9.38. The van der Waals surface area contributed by atoms with E-state index in [-0.39, 0.29) is 18.4 Å². The van der Waals surface area contributed by atoms with Crippen molar-refractivity contribution in [2.45, 2.75) is 0 Å². The van der Waals surface area contributed by atoms with Gasteiger partial charge in [-0.05, 0) is 62.6 Å². The topological polar surface area (TPSA) is 82.1 Å². The molecule has 1 aliphatic rings. The van der Waals surface area contributed by atoms with Crippen LogP contribution >= 0.6 is 11.6 Å². The number of carbonyl (C=O) groups excluding carboxylic acids is 2. The normalized spacial score (nSPS) is 13.5. The first-order valence-corrected chi connectivity index (χ1v) is 12.9. The minimum atomic E-state index is -0.179. The Hall–Kier alpha value is -3.69. The molecule has 0 aliphatic carbocycles. The van der Waals surface area contributed by atoms with Crippen LogP contribution in [0.25, 0.3) is 11.3 Å². The second-order valence-corrected chi connectivity index (χ2v) is 9.85. The summed E-state index contributed by atoms with van der Waals surface area (Å²) in [6, 6.07) is 18.4. The Balaban J connectivity index is 1.35. The lowest BCUT2D eigenvalue weighted by Crippen LogP contribution is -2.52. The van der Waals surface area contributed by atoms with Crippen molar-refractivity contribution in [2.24, 2.45) is 0 Å². The van der Waals surface area contributed by atoms with E-state index in [1.165, 1.54) is 0 Å². The maximum absolute atomic E-state index is 13.2. The third-order valence-corrected chi connectivity index (χ3v) is 6.75. The van der Waals surface area contributed by atoms with E-state index in [1.807, 2.05) is 60.3 Å². The van der Waals surface area contributed by atoms with Crippen molar-refractivity contribution in [3.63, 3.8) is 0 Å². The van der Waals surface area contributed by atoms with Gasteiger partial charge in [-0.25, -0.2) is 0 Å². The monoisotopic (exact) mass is 536 g/mol. The van der Waals surface area contributed by atoms with Gasteiger partial charge in [0.25, 0.3) is 5.91 Å². The van der Waals surface area contributed by atoms with Gasteiger partial charge in [0.1, 0.15) is 12.3 Å². The largest absolute Gasteiger partial charge is 0.497 e. The van der Waals surface area contributed by atoms with Crippen LogP contribution in [-0.4, -0.2) is 104 Å². The first-order valence-electron chi connectivity index (χ1n) is 12.5. The highest BCUT2D eigenvalue weighted by Gasteiger charge is 2.26. The number of hydrogen-bond acceptors (Lipinski definition) is 7. The van der Waals surface area contributed by atoms with Crippen LogP contribution in [0, 0.1) is 0 Å². The number of anilines is 1. The van der Waals surface area contributed by atoms with Crippen LogP contribution in [0.5, 0.6) is 5.75 Å². The van der Waals surface area contributed by atoms with Crippen LogP contribution in [0.4, 0.5) is 5.82 Å². The third-order valence-electron chi connectivity index (χ3n) is 6.49. The van der Waals surface area contributed by atoms with Gasteiger partial charge in [0.05, 0.1) is 12.8 Å². The third kappa shape index (κ3) is 6.99. The summed E-state index contributed by atoms with van der Waals surface area (Å²) >= 11 is 5.98. The Kier molecular flexibility index (Phi) is 9.15. The molecule has 4 rings (SSSR count). The molecule has 0 saturated carbocycles. The Labute approximate surface area is 228 Å². The molecule has 0 N–H and O–H groups in total. The Bertz CT molecular complexity index is 1230. The molecule has 2 amide bonds. The van der Waals surface area contributed by atoms with Gasteiger partial charge in [-0.15, -0.1) is 10.2 Å². The highest BCUT2D eigenvalue weighted by molar-refractivity contribution is 6.30. The molecule has 1 fully saturated rings. The molecule has 0 spiro atoms. The van der Waals surface area contributed by atoms with E-state index >= 15 is 0 Å². The van der Waals surface area contributed by atoms with Crippen LogP contribution in [0.2, 0.25) is 5.02 Å². The van der Waals surface area contributed by atoms with Crippen LogP contribution in [0.15, 0.2) is 60.7 Å². The predicted octanol–water partition coefficient (Wildman–Crippen LogP) is 3.16. The number of carbonyl (C=O) groups is 2. The van der Waals surface area contributed by atoms with Crippen molar-refractivity contribution in [1.29, 1.82) is 0 Å². The molecule has 0 radical (unpaired) electrons. The molecule has 38 heavy (non-hydrogen) atoms. The Morgan fingerprint density at radius 1 is 0.947 bits per heavy atom. The predicted molar refractivity (Wildman–Crippen MR) is 149 cm³/mol. The van der Waals surface area contributed by atoms with E-state index in [4.69, 9.17) is 16.3 Å². The maximum atomic E-state index is 13.2. The van der Waals surface area contributed by atoms with E-state index < -0.39 is 0 Å². The lowest BCUT2D eigenvalue weighted by molar-refractivity contribution is -0.132. The second kappa shape index (κ2) is 12.7. The van der Waals surface area contributed by atoms with Gasteiger partial charge in [-0.3, -0.25) is 9.59 Å². The molecule has 200 valence electrons. The molecule has 2 heterocycles. The van der Waals surface area contributed by atoms with E-state index in [0.717, 1.165) is 22.8 Å². The minimum Gasteiger partial charge on any atom is -0.497 e. The number of rotatable bonds is 9. The summed E-state index contributed by atoms with van der Waals surface area (Å²) in [4.78, 5) is 33.9. The van der Waals surface area contributed by atoms with Crippen molar-refractivity contribution in [3.05, 3.63) is 71.2 Å². The molecule has 0 bridgehead atoms. The number of nitrogens with zero attached hydrogens (tertiary/aromatic N) is 6. The zero-order chi connectivity index (χ0) is 27.1. The summed E-state index contributed by atoms with van der Waals surface area (Å²) in [5.41, 5.74) is 2.22. The maximum Gasteiger partial charge on any atom is 0.254 e. The van der Waals surface area contributed by atoms with E-state index in [0.29, 0.717) is 49.9 Å². The summed E-state index contributed by atoms with van der Waals surface area (Å²) in [6.07, 6.45) is 0. The average molecular weight is 537 g/mol. The molecule has 1 aliphatic heterocycles. The van der Waals surface area contributed by atoms with Crippen molar-refractivity contribution in [2.75, 3.05) is 71.9 Å². The van der Waals surface area contributed by atoms with Gasteiger partial charge < -0.3 is 24.3 Å². The number of piperazine rings is 1. The molecule has 9 nitrogen and oxygen atoms in total. The number of hydrogen-bond donors (Lipinski definition) is 0. The van der Waals surface area contributed by atoms with Gasteiger partial charge in [-0.1, -0.05) is 23.7 Å². The van der Waals surface area contributed by atoms with E-state index in [2.05, 4.69) is 15.1 Å². The van der Waals surface area contributed by atoms with Crippen molar-refractivity contribution in [1.82, 2.24) is 24.9 Å². The number of benzene rings is 2. The van der Waals surface area contributed by atoms with Crippen LogP contribution < -0.4 is 9.64 Å². The van der Waals surface area contributed by atoms with E-state index in [1.54, 1.807) is 36.3 Å². The van der Waals surface area contributed by atoms with Crippen molar-refractivity contribution in [3.8, 4) is 17.0 Å². The Morgan fingerprint density at radius 3 is 2.32 bits per heavy atom. The van der Waals surface area contributed by atoms with Crippen LogP contribution in [0.1, 0.15) is 10.4 Å². The fraction of sp³-hybridized carbons (Fsp3) is 0.357. The summed E-state index contributed by atoms with van der Waals surface area (Å²) in [7, 11) is 5.52. The van der Waals surface area contributed by atoms with Gasteiger partial charge in [0.15, 0.2) is 5.82 Å². The van der Waals surface area contributed by atoms with Crippen LogP contribution in [-0.2, 0) is 4.79 Å². The number of halogens is 1. The molecule has 2 aromatic carbocycles. The molecular formula is C28H33ClN6O3. The zero-order valence-corrected chi connectivity index (χ0v) is 22.8. The lowest BCUT2D eigenvalue weighted by Gasteiger charge is -2.36. The molecule has 1 aromatic heterocycles. The van der Waals surface area contributed by atoms with Crippen LogP contribution in [0.3, 0.4) is 0 Å². The average Bonchev–Trinajstić information content (AvgIpc) is 2.95. The summed E-state index contributed by atoms with van der Waals surface area (Å²) < 4.78 is 5.30. The van der Waals surface area contributed by atoms with E-state index in [9.17, 15) is 9.59 Å². The number of likely N-dealkylation sites (N-methyl/N-ethyl adjacent to an activating group) is 1. The molecular weight excluding hydrogens is 504 g/mol. The van der Waals surface area contributed by atoms with Gasteiger partial charge in [0.2, 0.25) is 5.91 Å². The molecule has 3 aromatic rings. The number of ether oxygens (including phenoxy) is 1. The van der Waals surface area contributed by atoms with Crippen molar-refractivity contribution < 1.29 is 14.3 Å². The smallest absolute Gasteiger partial charge is 0.254 e. The first-order chi connectivity index (χ1) is 18.3. The quantitative estimate of drug-likeness (QED) is 0.415. The first kappa shape index (κ1) is 27.3. The van der Waals surface area contributed by atoms with Crippen molar-refractivity contribution >= 4 is 29.2 Å². The van der Waals surface area contributed by atoms with Gasteiger partial charge in [0, 0.05) is 55.4 Å². The second-order valence-electron chi connectivity index (χ2n) is 9.41. The van der Waals surface area contributed by atoms with Gasteiger partial charge in [-0.2, -0.15) is 0 Å². The van der Waals surface area contributed by atoms with Gasteiger partial charge >= 0.3 is 0 Å². The SMILES string of the molecule is COc1cccc(-c2ccc(N3CCN(C(=O)CN(CCN(C)C)C(=O)c4ccc(Cl)cc4)CC3)nn2)c1. The molecule has 0 unspecified atom stereocenters. The summed E-state index contributed by atoms with van der Waals surface area (Å²) in [6.45, 7) is 3.53. The number of aromatic nitrogens is 2. The number of methoxy groups -OCH3 is 1. The summed E-state index contributed by atoms with van der Waals surface area (Å²) in [5.74, 6) is 1.30. The highest BCUT2D eigenvalue weighted by atomic mass is 35.5. The molecule has 1 saturated heterocycles. The highest BCUT2D eigenvalue weighted by Crippen LogP contribution is 2.23. The zero-order valence-electron chi connectivity index (χ0n) is 22.0. The minimum absolute atomic E-state index is 0.0321. The Morgan fingerprint density at radius 2 is 1.68 bits per heavy atom. The standard InChI is InChI=1S/C28H33ClN6O3/c1-32(2)13-14-35(28(37)21-7-9-23(29)10-8-21)20-27(36)34-17-15-33(16-18-34)26-12-11-25(30-31-26)22-5-4-6-24(19-22)38-3/h4-12,19H,13-18,20H2,1-3H3. The molecule has 0 atom stereocenters. The number of amides is 2. The lowest BCUT2D eigenvalue weighted by atomic mass is 10.1. The fourth-order valence-electron chi connectivity index (χ4n) is 4.23.